The summed E-state index contributed by atoms with van der Waals surface area (Å²) in [5.41, 5.74) is 1.84. The number of nitrogens with zero attached hydrogens (tertiary/aromatic N) is 6. The second-order valence-electron chi connectivity index (χ2n) is 6.55. The summed E-state index contributed by atoms with van der Waals surface area (Å²) >= 11 is 0. The summed E-state index contributed by atoms with van der Waals surface area (Å²) in [7, 11) is 0. The fourth-order valence-electron chi connectivity index (χ4n) is 2.78. The molecule has 30 heavy (non-hydrogen) atoms. The lowest BCUT2D eigenvalue weighted by Crippen LogP contribution is -2.14. The van der Waals surface area contributed by atoms with Gasteiger partial charge in [-0.15, -0.1) is 0 Å². The van der Waals surface area contributed by atoms with E-state index in [0.29, 0.717) is 18.0 Å². The number of carbonyl (C=O) groups is 1. The highest BCUT2D eigenvalue weighted by Gasteiger charge is 2.12. The number of aromatic nitrogens is 6. The van der Waals surface area contributed by atoms with Crippen molar-refractivity contribution in [2.45, 2.75) is 26.7 Å². The van der Waals surface area contributed by atoms with Gasteiger partial charge in [-0.3, -0.25) is 14.2 Å². The van der Waals surface area contributed by atoms with Gasteiger partial charge in [0.1, 0.15) is 11.6 Å². The van der Waals surface area contributed by atoms with Gasteiger partial charge in [0.25, 0.3) is 5.91 Å². The van der Waals surface area contributed by atoms with E-state index in [0.717, 1.165) is 12.1 Å². The Balaban J connectivity index is 1.32. The van der Waals surface area contributed by atoms with Crippen LogP contribution in [0.15, 0.2) is 61.3 Å². The summed E-state index contributed by atoms with van der Waals surface area (Å²) in [4.78, 5) is 12.4. The van der Waals surface area contributed by atoms with Gasteiger partial charge < -0.3 is 10.1 Å². The highest BCUT2D eigenvalue weighted by atomic mass is 19.1. The molecule has 0 atom stereocenters. The van der Waals surface area contributed by atoms with Gasteiger partial charge in [-0.2, -0.15) is 15.3 Å². The molecule has 0 aliphatic rings. The lowest BCUT2D eigenvalue weighted by atomic mass is 10.3. The third-order valence-corrected chi connectivity index (χ3v) is 4.30. The second-order valence-corrected chi connectivity index (χ2v) is 6.55. The Hall–Kier alpha value is -3.95. The molecule has 0 radical (unpaired) electrons. The maximum Gasteiger partial charge on any atom is 0.276 e. The highest BCUT2D eigenvalue weighted by molar-refractivity contribution is 6.02. The molecule has 0 fully saturated rings. The highest BCUT2D eigenvalue weighted by Crippen LogP contribution is 2.12. The normalized spacial score (nSPS) is 10.9. The van der Waals surface area contributed by atoms with E-state index >= 15 is 0 Å². The number of aryl methyl sites for hydroxylation is 1. The number of carbonyl (C=O) groups excluding carboxylic acids is 1. The number of halogens is 1. The fraction of sp³-hybridized carbons (Fsp3) is 0.200. The zero-order valence-electron chi connectivity index (χ0n) is 16.3. The summed E-state index contributed by atoms with van der Waals surface area (Å²) in [5, 5.41) is 15.5. The lowest BCUT2D eigenvalue weighted by Gasteiger charge is -2.05. The van der Waals surface area contributed by atoms with Gasteiger partial charge >= 0.3 is 0 Å². The van der Waals surface area contributed by atoms with Crippen LogP contribution < -0.4 is 10.1 Å². The Bertz CT molecular complexity index is 1130. The molecule has 0 spiro atoms. The van der Waals surface area contributed by atoms with E-state index in [1.807, 2.05) is 17.8 Å². The van der Waals surface area contributed by atoms with Crippen LogP contribution in [0.1, 0.15) is 23.0 Å². The van der Waals surface area contributed by atoms with Crippen molar-refractivity contribution in [2.75, 3.05) is 5.32 Å². The summed E-state index contributed by atoms with van der Waals surface area (Å²) in [6.07, 6.45) is 8.71. The van der Waals surface area contributed by atoms with E-state index < -0.39 is 0 Å². The molecule has 154 valence electrons. The standard InChI is InChI=1S/C20H20FN7O2/c1-2-26-11-15(9-22-26)12-28-13-17(10-23-28)24-20(29)19-7-8-27(25-19)14-30-18-5-3-16(21)4-6-18/h3-11,13H,2,12,14H2,1H3,(H,24,29). The molecule has 10 heteroatoms. The third-order valence-electron chi connectivity index (χ3n) is 4.30. The number of rotatable bonds is 8. The zero-order chi connectivity index (χ0) is 20.9. The van der Waals surface area contributed by atoms with Gasteiger partial charge in [0, 0.05) is 30.7 Å². The number of amides is 1. The Morgan fingerprint density at radius 2 is 1.87 bits per heavy atom. The van der Waals surface area contributed by atoms with Crippen LogP contribution in [0.3, 0.4) is 0 Å². The summed E-state index contributed by atoms with van der Waals surface area (Å²) in [6.45, 7) is 3.49. The molecule has 4 aromatic rings. The average molecular weight is 409 g/mol. The molecule has 0 bridgehead atoms. The maximum atomic E-state index is 12.9. The topological polar surface area (TPSA) is 91.8 Å². The van der Waals surface area contributed by atoms with E-state index in [9.17, 15) is 9.18 Å². The van der Waals surface area contributed by atoms with Crippen molar-refractivity contribution < 1.29 is 13.9 Å². The molecular formula is C20H20FN7O2. The van der Waals surface area contributed by atoms with Crippen LogP contribution in [0, 0.1) is 5.82 Å². The van der Waals surface area contributed by atoms with Gasteiger partial charge in [0.15, 0.2) is 12.4 Å². The first-order valence-electron chi connectivity index (χ1n) is 9.36. The predicted molar refractivity (Wildman–Crippen MR) is 106 cm³/mol. The molecule has 1 aromatic carbocycles. The van der Waals surface area contributed by atoms with Gasteiger partial charge in [-0.05, 0) is 37.3 Å². The van der Waals surface area contributed by atoms with E-state index in [2.05, 4.69) is 20.6 Å². The average Bonchev–Trinajstić information content (AvgIpc) is 3.49. The van der Waals surface area contributed by atoms with Gasteiger partial charge in [0.05, 0.1) is 24.6 Å². The van der Waals surface area contributed by atoms with Crippen molar-refractivity contribution >= 4 is 11.6 Å². The first-order valence-corrected chi connectivity index (χ1v) is 9.36. The first-order chi connectivity index (χ1) is 14.6. The molecule has 4 rings (SSSR count). The molecular weight excluding hydrogens is 389 g/mol. The number of benzene rings is 1. The number of nitrogens with one attached hydrogen (secondary N) is 1. The summed E-state index contributed by atoms with van der Waals surface area (Å²) in [5.74, 6) is -0.177. The minimum atomic E-state index is -0.353. The van der Waals surface area contributed by atoms with Crippen molar-refractivity contribution in [1.29, 1.82) is 0 Å². The summed E-state index contributed by atoms with van der Waals surface area (Å²) < 4.78 is 23.5. The molecule has 0 aliphatic heterocycles. The Labute approximate surface area is 171 Å². The lowest BCUT2D eigenvalue weighted by molar-refractivity contribution is 0.102. The van der Waals surface area contributed by atoms with Crippen molar-refractivity contribution in [3.8, 4) is 5.75 Å². The Morgan fingerprint density at radius 1 is 1.07 bits per heavy atom. The van der Waals surface area contributed by atoms with E-state index in [-0.39, 0.29) is 24.1 Å². The molecule has 9 nitrogen and oxygen atoms in total. The molecule has 0 aliphatic carbocycles. The van der Waals surface area contributed by atoms with Crippen LogP contribution in [-0.4, -0.2) is 35.2 Å². The number of anilines is 1. The quantitative estimate of drug-likeness (QED) is 0.483. The maximum absolute atomic E-state index is 12.9. The largest absolute Gasteiger partial charge is 0.471 e. The van der Waals surface area contributed by atoms with Gasteiger partial charge in [0.2, 0.25) is 0 Å². The molecule has 1 N–H and O–H groups in total. The Kier molecular flexibility index (Phi) is 5.55. The van der Waals surface area contributed by atoms with Crippen molar-refractivity contribution in [3.05, 3.63) is 78.4 Å². The van der Waals surface area contributed by atoms with Crippen LogP contribution in [0.5, 0.6) is 5.75 Å². The molecule has 1 amide bonds. The van der Waals surface area contributed by atoms with Gasteiger partial charge in [-0.1, -0.05) is 0 Å². The van der Waals surface area contributed by atoms with Gasteiger partial charge in [-0.25, -0.2) is 9.07 Å². The van der Waals surface area contributed by atoms with E-state index in [1.54, 1.807) is 35.5 Å². The minimum Gasteiger partial charge on any atom is -0.471 e. The molecule has 0 unspecified atom stereocenters. The SMILES string of the molecule is CCn1cc(Cn2cc(NC(=O)c3ccn(COc4ccc(F)cc4)n3)cn2)cn1. The van der Waals surface area contributed by atoms with Crippen molar-refractivity contribution in [1.82, 2.24) is 29.3 Å². The monoisotopic (exact) mass is 409 g/mol. The first kappa shape index (κ1) is 19.4. The molecule has 0 saturated carbocycles. The molecule has 3 heterocycles. The third kappa shape index (κ3) is 4.72. The van der Waals surface area contributed by atoms with Crippen LogP contribution in [0.4, 0.5) is 10.1 Å². The van der Waals surface area contributed by atoms with Crippen molar-refractivity contribution in [3.63, 3.8) is 0 Å². The van der Waals surface area contributed by atoms with E-state index in [1.165, 1.54) is 28.9 Å². The Morgan fingerprint density at radius 3 is 2.63 bits per heavy atom. The van der Waals surface area contributed by atoms with Crippen LogP contribution in [0.2, 0.25) is 0 Å². The van der Waals surface area contributed by atoms with Crippen LogP contribution in [0.25, 0.3) is 0 Å². The number of hydrogen-bond donors (Lipinski definition) is 1. The fourth-order valence-corrected chi connectivity index (χ4v) is 2.78. The van der Waals surface area contributed by atoms with Crippen LogP contribution >= 0.6 is 0 Å². The van der Waals surface area contributed by atoms with Crippen LogP contribution in [-0.2, 0) is 19.8 Å². The minimum absolute atomic E-state index is 0.0995. The predicted octanol–water partition coefficient (Wildman–Crippen LogP) is 2.77. The number of hydrogen-bond acceptors (Lipinski definition) is 5. The smallest absolute Gasteiger partial charge is 0.276 e. The van der Waals surface area contributed by atoms with E-state index in [4.69, 9.17) is 4.74 Å². The van der Waals surface area contributed by atoms with Crippen molar-refractivity contribution in [2.24, 2.45) is 0 Å². The molecule has 3 aromatic heterocycles. The second kappa shape index (κ2) is 8.60. The zero-order valence-corrected chi connectivity index (χ0v) is 16.3. The number of ether oxygens (including phenoxy) is 1. The summed E-state index contributed by atoms with van der Waals surface area (Å²) in [6, 6.07) is 7.27. The molecule has 0 saturated heterocycles.